The van der Waals surface area contributed by atoms with E-state index in [0.29, 0.717) is 23.2 Å². The molecule has 0 spiro atoms. The molecule has 1 N–H and O–H groups in total. The van der Waals surface area contributed by atoms with Crippen LogP contribution in [0, 0.1) is 0 Å². The molecule has 0 amide bonds. The largest absolute Gasteiger partial charge is 0.494 e. The van der Waals surface area contributed by atoms with Gasteiger partial charge >= 0.3 is 0 Å². The number of nitrogens with zero attached hydrogens (tertiary/aromatic N) is 1. The normalized spacial score (nSPS) is 10.8. The maximum absolute atomic E-state index is 6.03. The van der Waals surface area contributed by atoms with Crippen LogP contribution in [0.5, 0.6) is 5.75 Å². The zero-order chi connectivity index (χ0) is 17.6. The Morgan fingerprint density at radius 1 is 1.04 bits per heavy atom. The maximum atomic E-state index is 6.03. The molecule has 0 radical (unpaired) electrons. The van der Waals surface area contributed by atoms with E-state index in [2.05, 4.69) is 22.4 Å². The third-order valence-electron chi connectivity index (χ3n) is 3.59. The quantitative estimate of drug-likeness (QED) is 0.550. The predicted octanol–water partition coefficient (Wildman–Crippen LogP) is 5.81. The van der Waals surface area contributed by atoms with Crippen LogP contribution in [0.4, 0.5) is 0 Å². The van der Waals surface area contributed by atoms with E-state index in [1.54, 1.807) is 11.3 Å². The predicted molar refractivity (Wildman–Crippen MR) is 106 cm³/mol. The van der Waals surface area contributed by atoms with Crippen molar-refractivity contribution in [2.45, 2.75) is 20.0 Å². The topological polar surface area (TPSA) is 34.1 Å². The first-order valence-corrected chi connectivity index (χ1v) is 9.55. The van der Waals surface area contributed by atoms with Crippen molar-refractivity contribution in [2.24, 2.45) is 0 Å². The van der Waals surface area contributed by atoms with Crippen LogP contribution in [-0.2, 0) is 13.1 Å². The Morgan fingerprint density at radius 2 is 1.84 bits per heavy atom. The standard InChI is InChI=1S/C19H18Cl2N2OS/c1-2-24-15-6-4-14(5-7-15)18-11-23-19(25-18)12-22-10-13-3-8-16(20)17(21)9-13/h3-9,11,22H,2,10,12H2,1H3. The van der Waals surface area contributed by atoms with Crippen LogP contribution in [0.15, 0.2) is 48.7 Å². The lowest BCUT2D eigenvalue weighted by Gasteiger charge is -2.04. The van der Waals surface area contributed by atoms with E-state index in [4.69, 9.17) is 27.9 Å². The first kappa shape index (κ1) is 18.2. The Labute approximate surface area is 161 Å². The molecule has 0 atom stereocenters. The number of hydrogen-bond donors (Lipinski definition) is 1. The summed E-state index contributed by atoms with van der Waals surface area (Å²) in [7, 11) is 0. The van der Waals surface area contributed by atoms with Crippen molar-refractivity contribution in [2.75, 3.05) is 6.61 Å². The van der Waals surface area contributed by atoms with Crippen molar-refractivity contribution >= 4 is 34.5 Å². The molecule has 0 fully saturated rings. The lowest BCUT2D eigenvalue weighted by atomic mass is 10.2. The van der Waals surface area contributed by atoms with Gasteiger partial charge in [0.1, 0.15) is 10.8 Å². The molecular weight excluding hydrogens is 375 g/mol. The minimum atomic E-state index is 0.574. The number of aromatic nitrogens is 1. The molecule has 3 aromatic rings. The fourth-order valence-electron chi connectivity index (χ4n) is 2.37. The third kappa shape index (κ3) is 4.95. The second kappa shape index (κ2) is 8.68. The van der Waals surface area contributed by atoms with Gasteiger partial charge < -0.3 is 10.1 Å². The van der Waals surface area contributed by atoms with Gasteiger partial charge in [-0.2, -0.15) is 0 Å². The maximum Gasteiger partial charge on any atom is 0.119 e. The first-order valence-electron chi connectivity index (χ1n) is 7.98. The highest BCUT2D eigenvalue weighted by Gasteiger charge is 2.05. The van der Waals surface area contributed by atoms with Crippen LogP contribution in [0.2, 0.25) is 10.0 Å². The van der Waals surface area contributed by atoms with Gasteiger partial charge in [0.25, 0.3) is 0 Å². The number of halogens is 2. The molecule has 0 aliphatic heterocycles. The first-order chi connectivity index (χ1) is 12.2. The van der Waals surface area contributed by atoms with E-state index in [1.165, 1.54) is 0 Å². The molecule has 0 unspecified atom stereocenters. The van der Waals surface area contributed by atoms with E-state index in [1.807, 2.05) is 43.5 Å². The van der Waals surface area contributed by atoms with Gasteiger partial charge in [0, 0.05) is 19.3 Å². The van der Waals surface area contributed by atoms with E-state index >= 15 is 0 Å². The SMILES string of the molecule is CCOc1ccc(-c2cnc(CNCc3ccc(Cl)c(Cl)c3)s2)cc1. The highest BCUT2D eigenvalue weighted by Crippen LogP contribution is 2.28. The van der Waals surface area contributed by atoms with Crippen molar-refractivity contribution in [3.8, 4) is 16.2 Å². The van der Waals surface area contributed by atoms with Crippen molar-refractivity contribution in [1.29, 1.82) is 0 Å². The van der Waals surface area contributed by atoms with Crippen LogP contribution >= 0.6 is 34.5 Å². The Balaban J connectivity index is 1.57. The summed E-state index contributed by atoms with van der Waals surface area (Å²) < 4.78 is 5.47. The summed E-state index contributed by atoms with van der Waals surface area (Å²) in [5.41, 5.74) is 2.24. The lowest BCUT2D eigenvalue weighted by molar-refractivity contribution is 0.340. The molecule has 25 heavy (non-hydrogen) atoms. The van der Waals surface area contributed by atoms with E-state index in [9.17, 15) is 0 Å². The molecule has 0 saturated heterocycles. The summed E-state index contributed by atoms with van der Waals surface area (Å²) >= 11 is 13.6. The molecule has 2 aromatic carbocycles. The second-order valence-corrected chi connectivity index (χ2v) is 7.36. The number of ether oxygens (including phenoxy) is 1. The minimum absolute atomic E-state index is 0.574. The molecule has 0 bridgehead atoms. The van der Waals surface area contributed by atoms with Crippen LogP contribution in [-0.4, -0.2) is 11.6 Å². The zero-order valence-electron chi connectivity index (χ0n) is 13.8. The number of nitrogens with one attached hydrogen (secondary N) is 1. The Hall–Kier alpha value is -1.59. The van der Waals surface area contributed by atoms with Crippen molar-refractivity contribution in [3.63, 3.8) is 0 Å². The summed E-state index contributed by atoms with van der Waals surface area (Å²) in [6, 6.07) is 13.8. The van der Waals surface area contributed by atoms with Gasteiger partial charge in [-0.05, 0) is 54.4 Å². The molecule has 3 rings (SSSR count). The lowest BCUT2D eigenvalue weighted by Crippen LogP contribution is -2.12. The smallest absolute Gasteiger partial charge is 0.119 e. The highest BCUT2D eigenvalue weighted by atomic mass is 35.5. The third-order valence-corrected chi connectivity index (χ3v) is 5.38. The summed E-state index contributed by atoms with van der Waals surface area (Å²) in [6.45, 7) is 4.08. The molecule has 1 heterocycles. The Morgan fingerprint density at radius 3 is 2.56 bits per heavy atom. The highest BCUT2D eigenvalue weighted by molar-refractivity contribution is 7.15. The van der Waals surface area contributed by atoms with E-state index in [-0.39, 0.29) is 0 Å². The average Bonchev–Trinajstić information content (AvgIpc) is 3.08. The van der Waals surface area contributed by atoms with Crippen LogP contribution in [0.25, 0.3) is 10.4 Å². The van der Waals surface area contributed by atoms with Gasteiger partial charge in [0.2, 0.25) is 0 Å². The monoisotopic (exact) mass is 392 g/mol. The van der Waals surface area contributed by atoms with Crippen molar-refractivity contribution in [3.05, 3.63) is 69.3 Å². The molecule has 130 valence electrons. The number of rotatable bonds is 7. The minimum Gasteiger partial charge on any atom is -0.494 e. The van der Waals surface area contributed by atoms with E-state index < -0.39 is 0 Å². The molecular formula is C19H18Cl2N2OS. The summed E-state index contributed by atoms with van der Waals surface area (Å²) in [5, 5.41) is 5.58. The number of thiazole rings is 1. The molecule has 0 saturated carbocycles. The van der Waals surface area contributed by atoms with Gasteiger partial charge in [-0.25, -0.2) is 4.98 Å². The summed E-state index contributed by atoms with van der Waals surface area (Å²) in [4.78, 5) is 5.64. The fraction of sp³-hybridized carbons (Fsp3) is 0.211. The van der Waals surface area contributed by atoms with Crippen LogP contribution in [0.1, 0.15) is 17.5 Å². The van der Waals surface area contributed by atoms with Crippen LogP contribution in [0.3, 0.4) is 0 Å². The molecule has 1 aromatic heterocycles. The number of hydrogen-bond acceptors (Lipinski definition) is 4. The summed E-state index contributed by atoms with van der Waals surface area (Å²) in [6.07, 6.45) is 1.91. The van der Waals surface area contributed by atoms with E-state index in [0.717, 1.165) is 33.3 Å². The van der Waals surface area contributed by atoms with Crippen molar-refractivity contribution < 1.29 is 4.74 Å². The van der Waals surface area contributed by atoms with Gasteiger partial charge in [-0.15, -0.1) is 11.3 Å². The molecule has 0 aliphatic rings. The molecule has 6 heteroatoms. The van der Waals surface area contributed by atoms with Gasteiger partial charge in [-0.1, -0.05) is 29.3 Å². The zero-order valence-corrected chi connectivity index (χ0v) is 16.1. The molecule has 0 aliphatic carbocycles. The van der Waals surface area contributed by atoms with Crippen LogP contribution < -0.4 is 10.1 Å². The summed E-state index contributed by atoms with van der Waals surface area (Å²) in [5.74, 6) is 0.888. The van der Waals surface area contributed by atoms with Gasteiger partial charge in [0.15, 0.2) is 0 Å². The van der Waals surface area contributed by atoms with Gasteiger partial charge in [0.05, 0.1) is 21.5 Å². The fourth-order valence-corrected chi connectivity index (χ4v) is 3.58. The Kier molecular flexibility index (Phi) is 6.32. The van der Waals surface area contributed by atoms with Crippen molar-refractivity contribution in [1.82, 2.24) is 10.3 Å². The Bertz CT molecular complexity index is 834. The number of benzene rings is 2. The average molecular weight is 393 g/mol. The van der Waals surface area contributed by atoms with Gasteiger partial charge in [-0.3, -0.25) is 0 Å². The molecule has 3 nitrogen and oxygen atoms in total. The second-order valence-electron chi connectivity index (χ2n) is 5.43.